The third-order valence-electron chi connectivity index (χ3n) is 0. The Balaban J connectivity index is -0.00000000750. The molecule has 0 heterocycles. The average Bonchev–Trinajstić information content (AvgIpc) is 0.811. The first-order valence-corrected chi connectivity index (χ1v) is 0.651. The van der Waals surface area contributed by atoms with Crippen LogP contribution in [0.25, 0.3) is 0 Å². The Labute approximate surface area is 95.7 Å². The van der Waals surface area contributed by atoms with Crippen LogP contribution in [0.5, 0.6) is 0 Å². The van der Waals surface area contributed by atoms with E-state index in [2.05, 4.69) is 0 Å². The molecule has 1 radical (unpaired) electrons. The van der Waals surface area contributed by atoms with E-state index in [-0.39, 0.29) is 75.5 Å². The molecule has 0 saturated heterocycles. The summed E-state index contributed by atoms with van der Waals surface area (Å²) in [6.07, 6.45) is -1.83. The van der Waals surface area contributed by atoms with Crippen LogP contribution in [0.15, 0.2) is 0 Å². The maximum Gasteiger partial charge on any atom is 0.316 e. The zero-order valence-electron chi connectivity index (χ0n) is 2.50. The van der Waals surface area contributed by atoms with Crippen LogP contribution >= 0.6 is 0 Å². The second-order valence-corrected chi connectivity index (χ2v) is 0.283. The van der Waals surface area contributed by atoms with Gasteiger partial charge in [-0.3, -0.25) is 0 Å². The van der Waals surface area contributed by atoms with Crippen LogP contribution in [0.3, 0.4) is 0 Å². The summed E-state index contributed by atoms with van der Waals surface area (Å²) < 4.78 is 0. The molecule has 0 aliphatic carbocycles. The minimum Gasteiger partial charge on any atom is 0 e. The number of carboxylic acid groups (broad SMARTS) is 2. The van der Waals surface area contributed by atoms with Crippen molar-refractivity contribution in [2.45, 2.75) is 0 Å². The predicted octanol–water partition coefficient (Wildman–Crippen LogP) is -1.35. The first kappa shape index (κ1) is 33.4. The Hall–Kier alpha value is 1.65. The molecule has 3 nitrogen and oxygen atoms in total. The number of hydrogen-bond donors (Lipinski definition) is 2. The van der Waals surface area contributed by atoms with Crippen molar-refractivity contribution < 1.29 is 48.6 Å². The summed E-state index contributed by atoms with van der Waals surface area (Å²) in [7, 11) is 0. The van der Waals surface area contributed by atoms with E-state index in [0.717, 1.165) is 0 Å². The number of carbonyl (C=O) groups is 1. The number of rotatable bonds is 0. The summed E-state index contributed by atoms with van der Waals surface area (Å²) in [4.78, 5) is 8.56. The normalized spacial score (nSPS) is 3.00. The molecule has 0 aromatic rings. The average molecular weight is 210 g/mol. The van der Waals surface area contributed by atoms with Gasteiger partial charge in [-0.15, -0.1) is 0 Å². The molecular formula is CH5LiMgMnNiO3. The molecule has 0 aliphatic heterocycles. The maximum absolute atomic E-state index is 8.56. The molecule has 7 heteroatoms. The van der Waals surface area contributed by atoms with Crippen LogP contribution in [-0.4, -0.2) is 58.3 Å². The molecule has 0 bridgehead atoms. The van der Waals surface area contributed by atoms with Crippen molar-refractivity contribution in [2.75, 3.05) is 0 Å². The van der Waals surface area contributed by atoms with E-state index < -0.39 is 6.16 Å². The summed E-state index contributed by atoms with van der Waals surface area (Å²) in [5, 5.41) is 13.9. The fourth-order valence-electron chi connectivity index (χ4n) is 0. The van der Waals surface area contributed by atoms with Gasteiger partial charge < -0.3 is 10.2 Å². The quantitative estimate of drug-likeness (QED) is 0.486. The Morgan fingerprint density at radius 2 is 1.25 bits per heavy atom. The first-order valence-electron chi connectivity index (χ1n) is 0.651. The van der Waals surface area contributed by atoms with Crippen molar-refractivity contribution in [2.24, 2.45) is 0 Å². The monoisotopic (exact) mass is 209 g/mol. The molecule has 0 aliphatic rings. The first-order chi connectivity index (χ1) is 1.73. The zero-order chi connectivity index (χ0) is 3.58. The van der Waals surface area contributed by atoms with Gasteiger partial charge >= 0.3 is 48.1 Å². The van der Waals surface area contributed by atoms with E-state index in [1.54, 1.807) is 0 Å². The fourth-order valence-corrected chi connectivity index (χ4v) is 0. The predicted molar refractivity (Wildman–Crippen MR) is 26.3 cm³/mol. The maximum atomic E-state index is 8.56. The standard InChI is InChI=1S/CH2O3.Li.Mg.Mn.Ni.3H/c2-1(3)4;;;;;;;/h(H2,2,3,4);;;;;;;. The minimum absolute atomic E-state index is 0. The van der Waals surface area contributed by atoms with Gasteiger partial charge in [-0.1, -0.05) is 0 Å². The van der Waals surface area contributed by atoms with Crippen molar-refractivity contribution in [1.29, 1.82) is 0 Å². The van der Waals surface area contributed by atoms with Gasteiger partial charge in [0.05, 0.1) is 0 Å². The molecule has 0 spiro atoms. The topological polar surface area (TPSA) is 57.5 Å². The summed E-state index contributed by atoms with van der Waals surface area (Å²) >= 11 is 0. The van der Waals surface area contributed by atoms with Gasteiger partial charge in [0.15, 0.2) is 0 Å². The van der Waals surface area contributed by atoms with Gasteiger partial charge in [0.1, 0.15) is 0 Å². The molecule has 47 valence electrons. The Bertz CT molecular complexity index is 42.3. The third-order valence-corrected chi connectivity index (χ3v) is 0. The fraction of sp³-hybridized carbons (Fsp3) is 0. The van der Waals surface area contributed by atoms with Crippen LogP contribution < -0.4 is 0 Å². The van der Waals surface area contributed by atoms with Gasteiger partial charge in [-0.05, 0) is 0 Å². The molecular weight excluding hydrogens is 205 g/mol. The number of hydrogen-bond acceptors (Lipinski definition) is 1. The van der Waals surface area contributed by atoms with Crippen LogP contribution in [0.4, 0.5) is 4.79 Å². The van der Waals surface area contributed by atoms with Crippen molar-refractivity contribution in [1.82, 2.24) is 0 Å². The summed E-state index contributed by atoms with van der Waals surface area (Å²) in [6, 6.07) is 0. The minimum atomic E-state index is -1.83. The molecule has 0 rings (SSSR count). The molecule has 0 atom stereocenters. The van der Waals surface area contributed by atoms with E-state index in [4.69, 9.17) is 15.0 Å². The van der Waals surface area contributed by atoms with Gasteiger partial charge in [0.25, 0.3) is 0 Å². The van der Waals surface area contributed by atoms with Crippen molar-refractivity contribution in [3.63, 3.8) is 0 Å². The van der Waals surface area contributed by atoms with Crippen molar-refractivity contribution >= 4 is 48.1 Å². The van der Waals surface area contributed by atoms with E-state index in [9.17, 15) is 0 Å². The summed E-state index contributed by atoms with van der Waals surface area (Å²) in [5.74, 6) is 0. The van der Waals surface area contributed by atoms with E-state index in [1.807, 2.05) is 0 Å². The van der Waals surface area contributed by atoms with Gasteiger partial charge in [0, 0.05) is 33.6 Å². The van der Waals surface area contributed by atoms with Crippen LogP contribution in [0, 0.1) is 0 Å². The molecule has 0 saturated carbocycles. The molecule has 8 heavy (non-hydrogen) atoms. The van der Waals surface area contributed by atoms with Crippen LogP contribution in [0.1, 0.15) is 0 Å². The molecule has 0 amide bonds. The van der Waals surface area contributed by atoms with Crippen LogP contribution in [0.2, 0.25) is 0 Å². The molecule has 0 fully saturated rings. The summed E-state index contributed by atoms with van der Waals surface area (Å²) in [6.45, 7) is 0. The molecule has 2 N–H and O–H groups in total. The Kier molecular flexibility index (Phi) is 97.8. The third kappa shape index (κ3) is 125. The SMILES string of the molecule is O=C(O)O.[LiH].[MgH2].[Mn].[Ni]. The molecule has 0 unspecified atom stereocenters. The largest absolute Gasteiger partial charge is 0.316 e. The van der Waals surface area contributed by atoms with Crippen LogP contribution in [-0.2, 0) is 33.6 Å². The van der Waals surface area contributed by atoms with Gasteiger partial charge in [0.2, 0.25) is 0 Å². The summed E-state index contributed by atoms with van der Waals surface area (Å²) in [5.41, 5.74) is 0. The van der Waals surface area contributed by atoms with E-state index in [1.165, 1.54) is 0 Å². The van der Waals surface area contributed by atoms with Crippen molar-refractivity contribution in [3.8, 4) is 0 Å². The second kappa shape index (κ2) is 23.4. The van der Waals surface area contributed by atoms with Gasteiger partial charge in [-0.2, -0.15) is 0 Å². The van der Waals surface area contributed by atoms with E-state index in [0.29, 0.717) is 0 Å². The molecule has 0 aromatic heterocycles. The van der Waals surface area contributed by atoms with Crippen molar-refractivity contribution in [3.05, 3.63) is 0 Å². The Morgan fingerprint density at radius 1 is 1.25 bits per heavy atom. The Morgan fingerprint density at radius 3 is 1.25 bits per heavy atom. The zero-order valence-corrected chi connectivity index (χ0v) is 4.66. The van der Waals surface area contributed by atoms with E-state index >= 15 is 0 Å². The smallest absolute Gasteiger partial charge is 0 e. The molecule has 0 aromatic carbocycles. The van der Waals surface area contributed by atoms with Gasteiger partial charge in [-0.25, -0.2) is 4.79 Å². The second-order valence-electron chi connectivity index (χ2n) is 0.283.